The van der Waals surface area contributed by atoms with Crippen molar-refractivity contribution in [2.45, 2.75) is 4.90 Å². The minimum Gasteiger partial charge on any atom is -0.336 e. The number of hydrogen-bond acceptors (Lipinski definition) is 6. The molecule has 144 valence electrons. The molecule has 0 aliphatic carbocycles. The van der Waals surface area contributed by atoms with Crippen LogP contribution in [0.1, 0.15) is 10.4 Å². The van der Waals surface area contributed by atoms with Crippen LogP contribution in [-0.4, -0.2) is 69.9 Å². The number of sulfonamides is 1. The highest BCUT2D eigenvalue weighted by atomic mass is 32.2. The normalized spacial score (nSPS) is 15.5. The van der Waals surface area contributed by atoms with Crippen LogP contribution in [0, 0.1) is 0 Å². The zero-order valence-corrected chi connectivity index (χ0v) is 15.7. The molecule has 9 nitrogen and oxygen atoms in total. The van der Waals surface area contributed by atoms with Gasteiger partial charge in [-0.05, 0) is 40.8 Å². The van der Waals surface area contributed by atoms with E-state index in [0.29, 0.717) is 24.3 Å². The Morgan fingerprint density at radius 1 is 0.929 bits per heavy atom. The van der Waals surface area contributed by atoms with Crippen LogP contribution in [0.2, 0.25) is 0 Å². The fraction of sp³-hybridized carbons (Fsp3) is 0.222. The third-order valence-corrected chi connectivity index (χ3v) is 6.53. The van der Waals surface area contributed by atoms with Crippen LogP contribution in [0.5, 0.6) is 0 Å². The summed E-state index contributed by atoms with van der Waals surface area (Å²) in [6.07, 6.45) is 1.46. The number of nitrogens with zero attached hydrogens (tertiary/aromatic N) is 6. The molecule has 28 heavy (non-hydrogen) atoms. The van der Waals surface area contributed by atoms with Crippen molar-refractivity contribution >= 4 is 15.9 Å². The molecule has 3 aromatic rings. The van der Waals surface area contributed by atoms with E-state index in [1.165, 1.54) is 15.3 Å². The first-order valence-electron chi connectivity index (χ1n) is 8.73. The molecular formula is C18H18N6O3S. The highest BCUT2D eigenvalue weighted by molar-refractivity contribution is 7.89. The summed E-state index contributed by atoms with van der Waals surface area (Å²) in [5, 5.41) is 11.0. The lowest BCUT2D eigenvalue weighted by Gasteiger charge is -2.34. The van der Waals surface area contributed by atoms with Gasteiger partial charge in [-0.15, -0.1) is 5.10 Å². The number of hydrogen-bond donors (Lipinski definition) is 0. The molecule has 1 aliphatic rings. The molecule has 4 rings (SSSR count). The third kappa shape index (κ3) is 3.51. The monoisotopic (exact) mass is 398 g/mol. The summed E-state index contributed by atoms with van der Waals surface area (Å²) >= 11 is 0. The van der Waals surface area contributed by atoms with Gasteiger partial charge in [0.25, 0.3) is 5.91 Å². The van der Waals surface area contributed by atoms with Crippen LogP contribution in [0.25, 0.3) is 5.69 Å². The lowest BCUT2D eigenvalue weighted by atomic mass is 10.1. The predicted octanol–water partition coefficient (Wildman–Crippen LogP) is 0.809. The molecule has 0 unspecified atom stereocenters. The van der Waals surface area contributed by atoms with Crippen LogP contribution >= 0.6 is 0 Å². The van der Waals surface area contributed by atoms with Crippen molar-refractivity contribution in [3.05, 3.63) is 66.5 Å². The average Bonchev–Trinajstić information content (AvgIpc) is 3.29. The summed E-state index contributed by atoms with van der Waals surface area (Å²) < 4.78 is 28.3. The largest absolute Gasteiger partial charge is 0.336 e. The van der Waals surface area contributed by atoms with Gasteiger partial charge in [0, 0.05) is 31.7 Å². The Morgan fingerprint density at radius 2 is 1.68 bits per heavy atom. The van der Waals surface area contributed by atoms with E-state index in [2.05, 4.69) is 15.5 Å². The van der Waals surface area contributed by atoms with E-state index in [0.717, 1.165) is 0 Å². The number of piperazine rings is 1. The lowest BCUT2D eigenvalue weighted by molar-refractivity contribution is 0.0698. The Bertz CT molecular complexity index is 1060. The summed E-state index contributed by atoms with van der Waals surface area (Å²) in [7, 11) is -3.54. The molecule has 0 bridgehead atoms. The number of benzene rings is 2. The average molecular weight is 398 g/mol. The Balaban J connectivity index is 1.46. The molecule has 0 N–H and O–H groups in total. The Labute approximate surface area is 162 Å². The van der Waals surface area contributed by atoms with Gasteiger partial charge in [0.05, 0.1) is 10.6 Å². The second-order valence-corrected chi connectivity index (χ2v) is 8.25. The van der Waals surface area contributed by atoms with Crippen LogP contribution < -0.4 is 0 Å². The van der Waals surface area contributed by atoms with Crippen molar-refractivity contribution in [3.8, 4) is 5.69 Å². The maximum absolute atomic E-state index is 12.8. The summed E-state index contributed by atoms with van der Waals surface area (Å²) in [6, 6.07) is 15.3. The highest BCUT2D eigenvalue weighted by Crippen LogP contribution is 2.19. The van der Waals surface area contributed by atoms with Crippen LogP contribution in [0.15, 0.2) is 65.8 Å². The number of amides is 1. The molecule has 1 saturated heterocycles. The van der Waals surface area contributed by atoms with E-state index in [1.807, 2.05) is 0 Å². The number of carbonyl (C=O) groups excluding carboxylic acids is 1. The second-order valence-electron chi connectivity index (χ2n) is 6.31. The smallest absolute Gasteiger partial charge is 0.254 e. The maximum atomic E-state index is 12.8. The van der Waals surface area contributed by atoms with E-state index in [9.17, 15) is 13.2 Å². The SMILES string of the molecule is O=C(c1cccc(-n2cnnn2)c1)N1CCN(S(=O)(=O)c2ccccc2)CC1. The molecule has 1 aromatic heterocycles. The van der Waals surface area contributed by atoms with Gasteiger partial charge in [0.1, 0.15) is 6.33 Å². The molecule has 0 radical (unpaired) electrons. The van der Waals surface area contributed by atoms with Crippen LogP contribution in [0.3, 0.4) is 0 Å². The molecule has 1 amide bonds. The second kappa shape index (κ2) is 7.49. The van der Waals surface area contributed by atoms with Crippen molar-refractivity contribution in [3.63, 3.8) is 0 Å². The van der Waals surface area contributed by atoms with Gasteiger partial charge in [0.15, 0.2) is 0 Å². The Kier molecular flexibility index (Phi) is 4.88. The van der Waals surface area contributed by atoms with Gasteiger partial charge in [-0.3, -0.25) is 4.79 Å². The van der Waals surface area contributed by atoms with Crippen LogP contribution in [0.4, 0.5) is 0 Å². The number of aromatic nitrogens is 4. The quantitative estimate of drug-likeness (QED) is 0.645. The maximum Gasteiger partial charge on any atom is 0.254 e. The fourth-order valence-electron chi connectivity index (χ4n) is 3.12. The summed E-state index contributed by atoms with van der Waals surface area (Å²) in [4.78, 5) is 14.8. The number of tetrazole rings is 1. The first-order chi connectivity index (χ1) is 13.6. The molecule has 0 spiro atoms. The standard InChI is InChI=1S/C18H18N6O3S/c25-18(15-5-4-6-16(13-15)24-14-19-20-21-24)22-9-11-23(12-10-22)28(26,27)17-7-2-1-3-8-17/h1-8,13-14H,9-12H2. The minimum absolute atomic E-state index is 0.147. The molecule has 0 saturated carbocycles. The van der Waals surface area contributed by atoms with Crippen molar-refractivity contribution < 1.29 is 13.2 Å². The first-order valence-corrected chi connectivity index (χ1v) is 10.2. The molecule has 0 atom stereocenters. The van der Waals surface area contributed by atoms with Gasteiger partial charge in [-0.25, -0.2) is 13.1 Å². The fourth-order valence-corrected chi connectivity index (χ4v) is 4.56. The van der Waals surface area contributed by atoms with Crippen molar-refractivity contribution in [2.75, 3.05) is 26.2 Å². The Hall–Kier alpha value is -3.11. The van der Waals surface area contributed by atoms with E-state index >= 15 is 0 Å². The van der Waals surface area contributed by atoms with E-state index < -0.39 is 10.0 Å². The topological polar surface area (TPSA) is 101 Å². The Morgan fingerprint density at radius 3 is 2.36 bits per heavy atom. The van der Waals surface area contributed by atoms with E-state index in [-0.39, 0.29) is 23.9 Å². The van der Waals surface area contributed by atoms with Crippen molar-refractivity contribution in [2.24, 2.45) is 0 Å². The highest BCUT2D eigenvalue weighted by Gasteiger charge is 2.30. The van der Waals surface area contributed by atoms with Gasteiger partial charge in [0.2, 0.25) is 10.0 Å². The van der Waals surface area contributed by atoms with Crippen molar-refractivity contribution in [1.29, 1.82) is 0 Å². The summed E-state index contributed by atoms with van der Waals surface area (Å²) in [5.41, 5.74) is 1.19. The van der Waals surface area contributed by atoms with E-state index in [1.54, 1.807) is 59.5 Å². The third-order valence-electron chi connectivity index (χ3n) is 4.61. The molecule has 1 fully saturated rings. The van der Waals surface area contributed by atoms with Crippen molar-refractivity contribution in [1.82, 2.24) is 29.4 Å². The van der Waals surface area contributed by atoms with Crippen LogP contribution in [-0.2, 0) is 10.0 Å². The summed E-state index contributed by atoms with van der Waals surface area (Å²) in [5.74, 6) is -0.147. The number of carbonyl (C=O) groups is 1. The molecule has 10 heteroatoms. The first kappa shape index (κ1) is 18.3. The zero-order valence-electron chi connectivity index (χ0n) is 14.9. The molecule has 2 heterocycles. The predicted molar refractivity (Wildman–Crippen MR) is 100 cm³/mol. The zero-order chi connectivity index (χ0) is 19.6. The van der Waals surface area contributed by atoms with Gasteiger partial charge in [-0.1, -0.05) is 24.3 Å². The lowest BCUT2D eigenvalue weighted by Crippen LogP contribution is -2.50. The molecular weight excluding hydrogens is 380 g/mol. The molecule has 1 aliphatic heterocycles. The van der Waals surface area contributed by atoms with Gasteiger partial charge in [-0.2, -0.15) is 4.31 Å². The van der Waals surface area contributed by atoms with E-state index in [4.69, 9.17) is 0 Å². The molecule has 2 aromatic carbocycles. The number of rotatable bonds is 4. The van der Waals surface area contributed by atoms with Gasteiger partial charge >= 0.3 is 0 Å². The minimum atomic E-state index is -3.54. The van der Waals surface area contributed by atoms with Gasteiger partial charge < -0.3 is 4.90 Å². The summed E-state index contributed by atoms with van der Waals surface area (Å²) in [6.45, 7) is 1.19.